The zero-order valence-corrected chi connectivity index (χ0v) is 19.1. The number of allylic oxidation sites excluding steroid dienone is 3. The molecule has 0 aromatic heterocycles. The van der Waals surface area contributed by atoms with Gasteiger partial charge >= 0.3 is 11.9 Å². The fourth-order valence-electron chi connectivity index (χ4n) is 3.63. The first-order valence-corrected chi connectivity index (χ1v) is 11.8. The molecule has 1 aliphatic carbocycles. The first kappa shape index (κ1) is 25.5. The molecule has 0 aromatic carbocycles. The van der Waals surface area contributed by atoms with Crippen molar-refractivity contribution in [3.63, 3.8) is 0 Å². The van der Waals surface area contributed by atoms with E-state index in [9.17, 15) is 9.59 Å². The largest absolute Gasteiger partial charge is 0.465 e. The monoisotopic (exact) mass is 406 g/mol. The van der Waals surface area contributed by atoms with Crippen LogP contribution < -0.4 is 0 Å². The van der Waals surface area contributed by atoms with Crippen LogP contribution in [0.5, 0.6) is 0 Å². The van der Waals surface area contributed by atoms with Crippen molar-refractivity contribution in [1.29, 1.82) is 0 Å². The van der Waals surface area contributed by atoms with E-state index in [1.165, 1.54) is 0 Å². The van der Waals surface area contributed by atoms with Crippen molar-refractivity contribution in [2.75, 3.05) is 13.2 Å². The summed E-state index contributed by atoms with van der Waals surface area (Å²) >= 11 is 0. The average Bonchev–Trinajstić information content (AvgIpc) is 3.00. The Balaban J connectivity index is 2.67. The van der Waals surface area contributed by atoms with Gasteiger partial charge in [0.15, 0.2) is 0 Å². The van der Waals surface area contributed by atoms with E-state index in [1.54, 1.807) is 6.08 Å². The van der Waals surface area contributed by atoms with Gasteiger partial charge in [-0.3, -0.25) is 4.79 Å². The number of esters is 2. The molecule has 166 valence electrons. The lowest BCUT2D eigenvalue weighted by Crippen LogP contribution is -2.27. The van der Waals surface area contributed by atoms with Crippen molar-refractivity contribution in [2.24, 2.45) is 17.8 Å². The fraction of sp³-hybridized carbons (Fsp3) is 0.760. The van der Waals surface area contributed by atoms with Gasteiger partial charge in [-0.05, 0) is 37.5 Å². The molecular weight excluding hydrogens is 364 g/mol. The second-order valence-corrected chi connectivity index (χ2v) is 8.24. The number of hydrogen-bond acceptors (Lipinski definition) is 4. The Labute approximate surface area is 178 Å². The molecule has 1 rings (SSSR count). The molecule has 0 saturated heterocycles. The topological polar surface area (TPSA) is 52.6 Å². The highest BCUT2D eigenvalue weighted by molar-refractivity contribution is 5.96. The van der Waals surface area contributed by atoms with E-state index >= 15 is 0 Å². The molecule has 3 unspecified atom stereocenters. The van der Waals surface area contributed by atoms with Gasteiger partial charge in [0, 0.05) is 0 Å². The summed E-state index contributed by atoms with van der Waals surface area (Å²) in [7, 11) is 0. The van der Waals surface area contributed by atoms with Gasteiger partial charge in [-0.1, -0.05) is 84.4 Å². The number of unbranched alkanes of at least 4 members (excludes halogenated alkanes) is 2. The van der Waals surface area contributed by atoms with Gasteiger partial charge in [-0.25, -0.2) is 4.79 Å². The van der Waals surface area contributed by atoms with E-state index in [2.05, 4.69) is 27.7 Å². The number of hydrogen-bond donors (Lipinski definition) is 0. The molecular formula is C25H42O4. The molecule has 29 heavy (non-hydrogen) atoms. The van der Waals surface area contributed by atoms with Crippen LogP contribution in [0.3, 0.4) is 0 Å². The summed E-state index contributed by atoms with van der Waals surface area (Å²) in [5.74, 6) is -0.408. The molecule has 0 aliphatic heterocycles. The van der Waals surface area contributed by atoms with Gasteiger partial charge in [-0.15, -0.1) is 0 Å². The van der Waals surface area contributed by atoms with Crippen LogP contribution in [-0.2, 0) is 19.1 Å². The smallest absolute Gasteiger partial charge is 0.334 e. The SMILES string of the molecule is CCCCC(CC)COC(=O)C1=CC=CCCC1C(=O)OCC(CC)CCCC. The molecule has 0 radical (unpaired) electrons. The third-order valence-corrected chi connectivity index (χ3v) is 5.93. The quantitative estimate of drug-likeness (QED) is 0.313. The van der Waals surface area contributed by atoms with E-state index in [0.29, 0.717) is 37.0 Å². The maximum atomic E-state index is 12.8. The summed E-state index contributed by atoms with van der Waals surface area (Å²) in [5.41, 5.74) is 0.440. The highest BCUT2D eigenvalue weighted by atomic mass is 16.5. The minimum atomic E-state index is -0.531. The molecule has 0 N–H and O–H groups in total. The van der Waals surface area contributed by atoms with Crippen LogP contribution in [0.2, 0.25) is 0 Å². The molecule has 0 amide bonds. The van der Waals surface area contributed by atoms with Crippen LogP contribution in [0, 0.1) is 17.8 Å². The van der Waals surface area contributed by atoms with Crippen molar-refractivity contribution >= 4 is 11.9 Å². The van der Waals surface area contributed by atoms with Crippen LogP contribution >= 0.6 is 0 Å². The van der Waals surface area contributed by atoms with Crippen LogP contribution in [0.25, 0.3) is 0 Å². The maximum absolute atomic E-state index is 12.8. The second-order valence-electron chi connectivity index (χ2n) is 8.24. The summed E-state index contributed by atoms with van der Waals surface area (Å²) in [6.07, 6.45) is 15.7. The number of carbonyl (C=O) groups is 2. The molecule has 4 heteroatoms. The summed E-state index contributed by atoms with van der Waals surface area (Å²) in [6.45, 7) is 9.47. The molecule has 0 saturated carbocycles. The van der Waals surface area contributed by atoms with Gasteiger partial charge < -0.3 is 9.47 Å². The maximum Gasteiger partial charge on any atom is 0.334 e. The van der Waals surface area contributed by atoms with Crippen molar-refractivity contribution < 1.29 is 19.1 Å². The van der Waals surface area contributed by atoms with E-state index in [-0.39, 0.29) is 11.9 Å². The Morgan fingerprint density at radius 2 is 1.55 bits per heavy atom. The Morgan fingerprint density at radius 1 is 0.966 bits per heavy atom. The number of rotatable bonds is 14. The molecule has 3 atom stereocenters. The Bertz CT molecular complexity index is 535. The molecule has 0 spiro atoms. The minimum Gasteiger partial charge on any atom is -0.465 e. The Kier molecular flexibility index (Phi) is 13.4. The lowest BCUT2D eigenvalue weighted by Gasteiger charge is -2.21. The standard InChI is InChI=1S/C25H42O4/c1-5-9-14-20(7-3)18-28-24(26)22-16-12-11-13-17-23(22)25(27)29-19-21(8-4)15-10-6-2/h11-12,16,20-21,23H,5-10,13-15,17-19H2,1-4H3. The van der Waals surface area contributed by atoms with Gasteiger partial charge in [0.1, 0.15) is 0 Å². The number of ether oxygens (including phenoxy) is 2. The Hall–Kier alpha value is -1.58. The predicted molar refractivity (Wildman–Crippen MR) is 118 cm³/mol. The molecule has 1 aliphatic rings. The normalized spacial score (nSPS) is 18.5. The molecule has 0 aromatic rings. The summed E-state index contributed by atoms with van der Waals surface area (Å²) < 4.78 is 11.3. The van der Waals surface area contributed by atoms with Gasteiger partial charge in [0.05, 0.1) is 24.7 Å². The predicted octanol–water partition coefficient (Wildman–Crippen LogP) is 6.40. The van der Waals surface area contributed by atoms with Crippen molar-refractivity contribution in [3.05, 3.63) is 23.8 Å². The molecule has 0 bridgehead atoms. The minimum absolute atomic E-state index is 0.287. The van der Waals surface area contributed by atoms with Crippen molar-refractivity contribution in [1.82, 2.24) is 0 Å². The molecule has 0 fully saturated rings. The third-order valence-electron chi connectivity index (χ3n) is 5.93. The van der Waals surface area contributed by atoms with Gasteiger partial charge in [0.2, 0.25) is 0 Å². The zero-order valence-electron chi connectivity index (χ0n) is 19.1. The third kappa shape index (κ3) is 9.64. The first-order valence-electron chi connectivity index (χ1n) is 11.8. The highest BCUT2D eigenvalue weighted by Crippen LogP contribution is 2.25. The van der Waals surface area contributed by atoms with E-state index in [0.717, 1.165) is 57.8 Å². The Morgan fingerprint density at radius 3 is 2.10 bits per heavy atom. The van der Waals surface area contributed by atoms with Crippen molar-refractivity contribution in [3.8, 4) is 0 Å². The summed E-state index contributed by atoms with van der Waals surface area (Å²) in [4.78, 5) is 25.6. The molecule has 0 heterocycles. The number of carbonyl (C=O) groups excluding carboxylic acids is 2. The fourth-order valence-corrected chi connectivity index (χ4v) is 3.63. The average molecular weight is 407 g/mol. The highest BCUT2D eigenvalue weighted by Gasteiger charge is 2.31. The van der Waals surface area contributed by atoms with E-state index in [1.807, 2.05) is 12.2 Å². The summed E-state index contributed by atoms with van der Waals surface area (Å²) in [5, 5.41) is 0. The van der Waals surface area contributed by atoms with E-state index in [4.69, 9.17) is 9.47 Å². The lowest BCUT2D eigenvalue weighted by atomic mass is 9.94. The van der Waals surface area contributed by atoms with Crippen LogP contribution in [0.15, 0.2) is 23.8 Å². The van der Waals surface area contributed by atoms with Crippen LogP contribution in [0.1, 0.15) is 91.9 Å². The van der Waals surface area contributed by atoms with Gasteiger partial charge in [0.25, 0.3) is 0 Å². The van der Waals surface area contributed by atoms with Crippen LogP contribution in [0.4, 0.5) is 0 Å². The van der Waals surface area contributed by atoms with Crippen molar-refractivity contribution in [2.45, 2.75) is 91.9 Å². The second kappa shape index (κ2) is 15.3. The molecule has 4 nitrogen and oxygen atoms in total. The zero-order chi connectivity index (χ0) is 21.5. The summed E-state index contributed by atoms with van der Waals surface area (Å²) in [6, 6.07) is 0. The van der Waals surface area contributed by atoms with Gasteiger partial charge in [-0.2, -0.15) is 0 Å². The lowest BCUT2D eigenvalue weighted by molar-refractivity contribution is -0.152. The van der Waals surface area contributed by atoms with Crippen LogP contribution in [-0.4, -0.2) is 25.2 Å². The van der Waals surface area contributed by atoms with E-state index < -0.39 is 5.92 Å². The first-order chi connectivity index (χ1) is 14.1.